The summed E-state index contributed by atoms with van der Waals surface area (Å²) in [5.74, 6) is 0.949. The number of hydrogen-bond acceptors (Lipinski definition) is 3. The van der Waals surface area contributed by atoms with Crippen molar-refractivity contribution in [3.8, 4) is 6.07 Å². The van der Waals surface area contributed by atoms with Crippen LogP contribution in [0.1, 0.15) is 18.3 Å². The summed E-state index contributed by atoms with van der Waals surface area (Å²) >= 11 is 0. The SMILES string of the molecule is CCc1ccc2c(c1)nc(CN(C)C)n2CC#N. The molecule has 94 valence electrons. The van der Waals surface area contributed by atoms with Gasteiger partial charge in [-0.3, -0.25) is 0 Å². The first kappa shape index (κ1) is 12.6. The van der Waals surface area contributed by atoms with Crippen LogP contribution < -0.4 is 0 Å². The smallest absolute Gasteiger partial charge is 0.125 e. The molecule has 18 heavy (non-hydrogen) atoms. The molecule has 0 aliphatic rings. The van der Waals surface area contributed by atoms with Crippen LogP contribution in [0.2, 0.25) is 0 Å². The Morgan fingerprint density at radius 2 is 2.17 bits per heavy atom. The van der Waals surface area contributed by atoms with E-state index >= 15 is 0 Å². The molecule has 0 saturated heterocycles. The van der Waals surface area contributed by atoms with Crippen LogP contribution in [0.4, 0.5) is 0 Å². The molecule has 4 heteroatoms. The first-order valence-electron chi connectivity index (χ1n) is 6.15. The third-order valence-electron chi connectivity index (χ3n) is 2.99. The van der Waals surface area contributed by atoms with E-state index in [1.807, 2.05) is 18.7 Å². The van der Waals surface area contributed by atoms with Gasteiger partial charge in [-0.2, -0.15) is 5.26 Å². The molecule has 0 aliphatic heterocycles. The molecular formula is C14H18N4. The summed E-state index contributed by atoms with van der Waals surface area (Å²) in [7, 11) is 4.01. The monoisotopic (exact) mass is 242 g/mol. The van der Waals surface area contributed by atoms with Crippen molar-refractivity contribution in [1.29, 1.82) is 5.26 Å². The molecule has 0 aliphatic carbocycles. The minimum absolute atomic E-state index is 0.352. The third-order valence-corrected chi connectivity index (χ3v) is 2.99. The van der Waals surface area contributed by atoms with Gasteiger partial charge in [-0.05, 0) is 38.2 Å². The van der Waals surface area contributed by atoms with Crippen molar-refractivity contribution in [1.82, 2.24) is 14.5 Å². The Labute approximate surface area is 107 Å². The predicted octanol–water partition coefficient (Wildman–Crippen LogP) is 2.18. The highest BCUT2D eigenvalue weighted by molar-refractivity contribution is 5.77. The molecule has 2 aromatic rings. The number of benzene rings is 1. The fourth-order valence-electron chi connectivity index (χ4n) is 2.10. The number of rotatable bonds is 4. The molecular weight excluding hydrogens is 224 g/mol. The van der Waals surface area contributed by atoms with Gasteiger partial charge in [0.2, 0.25) is 0 Å². The van der Waals surface area contributed by atoms with Gasteiger partial charge < -0.3 is 9.47 Å². The van der Waals surface area contributed by atoms with Crippen LogP contribution in [0, 0.1) is 11.3 Å². The van der Waals surface area contributed by atoms with E-state index in [-0.39, 0.29) is 0 Å². The second kappa shape index (κ2) is 5.19. The van der Waals surface area contributed by atoms with Gasteiger partial charge in [0.05, 0.1) is 23.6 Å². The summed E-state index contributed by atoms with van der Waals surface area (Å²) in [4.78, 5) is 6.72. The molecule has 1 aromatic carbocycles. The molecule has 0 bridgehead atoms. The van der Waals surface area contributed by atoms with Gasteiger partial charge in [0, 0.05) is 0 Å². The molecule has 0 spiro atoms. The predicted molar refractivity (Wildman–Crippen MR) is 72.1 cm³/mol. The van der Waals surface area contributed by atoms with Gasteiger partial charge in [-0.25, -0.2) is 4.98 Å². The molecule has 1 aromatic heterocycles. The number of imidazole rings is 1. The van der Waals surface area contributed by atoms with Gasteiger partial charge in [0.15, 0.2) is 0 Å². The molecule has 0 saturated carbocycles. The highest BCUT2D eigenvalue weighted by Crippen LogP contribution is 2.19. The van der Waals surface area contributed by atoms with E-state index in [2.05, 4.69) is 41.1 Å². The van der Waals surface area contributed by atoms with Gasteiger partial charge in [0.1, 0.15) is 12.4 Å². The minimum atomic E-state index is 0.352. The second-order valence-electron chi connectivity index (χ2n) is 4.69. The van der Waals surface area contributed by atoms with Crippen LogP contribution in [0.15, 0.2) is 18.2 Å². The summed E-state index contributed by atoms with van der Waals surface area (Å²) in [5, 5.41) is 8.94. The maximum atomic E-state index is 8.94. The number of aromatic nitrogens is 2. The zero-order valence-electron chi connectivity index (χ0n) is 11.1. The standard InChI is InChI=1S/C14H18N4/c1-4-11-5-6-13-12(9-11)16-14(10-17(2)3)18(13)8-7-15/h5-6,9H,4,8,10H2,1-3H3. The van der Waals surface area contributed by atoms with Gasteiger partial charge >= 0.3 is 0 Å². The Balaban J connectivity index is 2.55. The number of nitrogens with zero attached hydrogens (tertiary/aromatic N) is 4. The first-order chi connectivity index (χ1) is 8.65. The van der Waals surface area contributed by atoms with Crippen LogP contribution >= 0.6 is 0 Å². The van der Waals surface area contributed by atoms with E-state index in [4.69, 9.17) is 5.26 Å². The van der Waals surface area contributed by atoms with E-state index in [0.717, 1.165) is 29.8 Å². The van der Waals surface area contributed by atoms with Gasteiger partial charge in [-0.15, -0.1) is 0 Å². The Hall–Kier alpha value is -1.86. The average Bonchev–Trinajstić information content (AvgIpc) is 2.66. The summed E-state index contributed by atoms with van der Waals surface area (Å²) in [6, 6.07) is 8.50. The first-order valence-corrected chi connectivity index (χ1v) is 6.15. The number of nitriles is 1. The quantitative estimate of drug-likeness (QED) is 0.825. The highest BCUT2D eigenvalue weighted by atomic mass is 15.1. The van der Waals surface area contributed by atoms with Crippen LogP contribution in [-0.4, -0.2) is 28.5 Å². The molecule has 0 unspecified atom stereocenters. The van der Waals surface area contributed by atoms with Gasteiger partial charge in [-0.1, -0.05) is 13.0 Å². The molecule has 2 rings (SSSR count). The van der Waals surface area contributed by atoms with E-state index in [9.17, 15) is 0 Å². The number of hydrogen-bond donors (Lipinski definition) is 0. The van der Waals surface area contributed by atoms with Crippen molar-refractivity contribution in [2.24, 2.45) is 0 Å². The average molecular weight is 242 g/mol. The molecule has 0 N–H and O–H groups in total. The van der Waals surface area contributed by atoms with Crippen LogP contribution in [0.25, 0.3) is 11.0 Å². The largest absolute Gasteiger partial charge is 0.313 e. The highest BCUT2D eigenvalue weighted by Gasteiger charge is 2.11. The second-order valence-corrected chi connectivity index (χ2v) is 4.69. The molecule has 1 heterocycles. The lowest BCUT2D eigenvalue weighted by molar-refractivity contribution is 0.384. The maximum absolute atomic E-state index is 8.94. The molecule has 4 nitrogen and oxygen atoms in total. The lowest BCUT2D eigenvalue weighted by atomic mass is 10.1. The van der Waals surface area contributed by atoms with E-state index in [1.165, 1.54) is 5.56 Å². The maximum Gasteiger partial charge on any atom is 0.125 e. The van der Waals surface area contributed by atoms with Crippen LogP contribution in [0.5, 0.6) is 0 Å². The van der Waals surface area contributed by atoms with E-state index in [1.54, 1.807) is 0 Å². The summed E-state index contributed by atoms with van der Waals surface area (Å²) < 4.78 is 1.99. The van der Waals surface area contributed by atoms with E-state index in [0.29, 0.717) is 6.54 Å². The van der Waals surface area contributed by atoms with Crippen LogP contribution in [-0.2, 0) is 19.5 Å². The topological polar surface area (TPSA) is 44.9 Å². The van der Waals surface area contributed by atoms with E-state index < -0.39 is 0 Å². The molecule has 0 atom stereocenters. The third kappa shape index (κ3) is 2.36. The van der Waals surface area contributed by atoms with Crippen LogP contribution in [0.3, 0.4) is 0 Å². The zero-order valence-corrected chi connectivity index (χ0v) is 11.1. The minimum Gasteiger partial charge on any atom is -0.313 e. The molecule has 0 amide bonds. The van der Waals surface area contributed by atoms with Crippen molar-refractivity contribution in [2.75, 3.05) is 14.1 Å². The zero-order chi connectivity index (χ0) is 13.1. The fraction of sp³-hybridized carbons (Fsp3) is 0.429. The van der Waals surface area contributed by atoms with Gasteiger partial charge in [0.25, 0.3) is 0 Å². The van der Waals surface area contributed by atoms with Crippen molar-refractivity contribution >= 4 is 11.0 Å². The summed E-state index contributed by atoms with van der Waals surface area (Å²) in [5.41, 5.74) is 3.31. The Kier molecular flexibility index (Phi) is 3.63. The van der Waals surface area contributed by atoms with Crippen molar-refractivity contribution in [3.63, 3.8) is 0 Å². The fourth-order valence-corrected chi connectivity index (χ4v) is 2.10. The lowest BCUT2D eigenvalue weighted by Crippen LogP contribution is -2.15. The normalized spacial score (nSPS) is 11.1. The number of fused-ring (bicyclic) bond motifs is 1. The van der Waals surface area contributed by atoms with Crippen molar-refractivity contribution < 1.29 is 0 Å². The Bertz CT molecular complexity index is 590. The van der Waals surface area contributed by atoms with Crippen molar-refractivity contribution in [2.45, 2.75) is 26.4 Å². The lowest BCUT2D eigenvalue weighted by Gasteiger charge is -2.10. The Morgan fingerprint density at radius 3 is 2.78 bits per heavy atom. The van der Waals surface area contributed by atoms with Crippen molar-refractivity contribution in [3.05, 3.63) is 29.6 Å². The molecule has 0 radical (unpaired) electrons. The summed E-state index contributed by atoms with van der Waals surface area (Å²) in [6.07, 6.45) is 1.00. The summed E-state index contributed by atoms with van der Waals surface area (Å²) in [6.45, 7) is 3.23. The number of aryl methyl sites for hydroxylation is 1. The Morgan fingerprint density at radius 1 is 1.39 bits per heavy atom. The molecule has 0 fully saturated rings.